The molecule has 0 aliphatic carbocycles. The normalized spacial score (nSPS) is 9.64. The van der Waals surface area contributed by atoms with Crippen molar-refractivity contribution in [3.05, 3.63) is 47.0 Å². The van der Waals surface area contributed by atoms with Crippen molar-refractivity contribution in [3.63, 3.8) is 0 Å². The first-order chi connectivity index (χ1) is 5.30. The second-order valence-electron chi connectivity index (χ2n) is 2.56. The Hall–Kier alpha value is -0.740. The fourth-order valence-electron chi connectivity index (χ4n) is 0.796. The van der Waals surface area contributed by atoms with E-state index < -0.39 is 0 Å². The van der Waals surface area contributed by atoms with E-state index in [9.17, 15) is 0 Å². The zero-order valence-electron chi connectivity index (χ0n) is 6.96. The lowest BCUT2D eigenvalue weighted by Gasteiger charge is -1.89. The minimum Gasteiger partial charge on any atom is -0.137 e. The molecular formula is C10H13P. The van der Waals surface area contributed by atoms with Crippen molar-refractivity contribution in [2.75, 3.05) is 0 Å². The van der Waals surface area contributed by atoms with Crippen molar-refractivity contribution < 1.29 is 0 Å². The van der Waals surface area contributed by atoms with Crippen LogP contribution < -0.4 is 0 Å². The summed E-state index contributed by atoms with van der Waals surface area (Å²) in [5, 5.41) is 1.47. The van der Waals surface area contributed by atoms with E-state index in [4.69, 9.17) is 0 Å². The summed E-state index contributed by atoms with van der Waals surface area (Å²) in [7, 11) is 0.837. The predicted molar refractivity (Wildman–Crippen MR) is 53.0 cm³/mol. The Morgan fingerprint density at radius 1 is 1.00 bits per heavy atom. The minimum absolute atomic E-state index is 0.837. The van der Waals surface area contributed by atoms with Crippen LogP contribution >= 0.6 is 8.19 Å². The second kappa shape index (κ2) is 4.20. The van der Waals surface area contributed by atoms with Crippen LogP contribution in [0.5, 0.6) is 0 Å². The standard InChI is InChI=1S/C10H13P/c1-9-7-5-3-4-6-8-11-10(9)2/h3-8,11H,1-2H3. The van der Waals surface area contributed by atoms with Gasteiger partial charge in [-0.3, -0.25) is 0 Å². The first-order valence-electron chi connectivity index (χ1n) is 3.74. The lowest BCUT2D eigenvalue weighted by Crippen LogP contribution is -1.66. The van der Waals surface area contributed by atoms with Crippen LogP contribution in [0, 0.1) is 13.8 Å². The van der Waals surface area contributed by atoms with Crippen LogP contribution in [0.3, 0.4) is 0 Å². The molecule has 0 aliphatic heterocycles. The lowest BCUT2D eigenvalue weighted by atomic mass is 10.3. The van der Waals surface area contributed by atoms with E-state index in [0.717, 1.165) is 8.19 Å². The molecule has 1 rings (SSSR count). The van der Waals surface area contributed by atoms with E-state index in [2.05, 4.69) is 50.0 Å². The van der Waals surface area contributed by atoms with Crippen LogP contribution in [0.1, 0.15) is 10.9 Å². The van der Waals surface area contributed by atoms with Gasteiger partial charge in [-0.1, -0.05) is 30.3 Å². The molecule has 0 amide bonds. The monoisotopic (exact) mass is 164 g/mol. The zero-order chi connectivity index (χ0) is 8.10. The first-order valence-corrected chi connectivity index (χ1v) is 4.82. The zero-order valence-corrected chi connectivity index (χ0v) is 7.96. The van der Waals surface area contributed by atoms with E-state index in [-0.39, 0.29) is 0 Å². The predicted octanol–water partition coefficient (Wildman–Crippen LogP) is 3.46. The topological polar surface area (TPSA) is 0 Å². The Balaban J connectivity index is 3.28. The van der Waals surface area contributed by atoms with Gasteiger partial charge in [0.25, 0.3) is 0 Å². The quantitative estimate of drug-likeness (QED) is 0.550. The Bertz CT molecular complexity index is 245. The van der Waals surface area contributed by atoms with Gasteiger partial charge in [-0.15, -0.1) is 8.19 Å². The molecule has 0 radical (unpaired) electrons. The van der Waals surface area contributed by atoms with E-state index >= 15 is 0 Å². The number of hydrogen-bond acceptors (Lipinski definition) is 0. The molecule has 0 nitrogen and oxygen atoms in total. The largest absolute Gasteiger partial charge is 0.137 e. The Morgan fingerprint density at radius 3 is 2.55 bits per heavy atom. The van der Waals surface area contributed by atoms with Gasteiger partial charge in [0, 0.05) is 0 Å². The van der Waals surface area contributed by atoms with Crippen molar-refractivity contribution in [2.24, 2.45) is 0 Å². The lowest BCUT2D eigenvalue weighted by molar-refractivity contribution is 1.43. The maximum atomic E-state index is 2.21. The maximum Gasteiger partial charge on any atom is -0.0315 e. The summed E-state index contributed by atoms with van der Waals surface area (Å²) < 4.78 is 0. The molecule has 0 aliphatic rings. The van der Waals surface area contributed by atoms with Gasteiger partial charge in [-0.25, -0.2) is 0 Å². The number of aryl methyl sites for hydroxylation is 2. The van der Waals surface area contributed by atoms with E-state index in [1.165, 1.54) is 10.9 Å². The van der Waals surface area contributed by atoms with Crippen LogP contribution in [0.4, 0.5) is 0 Å². The van der Waals surface area contributed by atoms with Gasteiger partial charge in [0.1, 0.15) is 0 Å². The third kappa shape index (κ3) is 2.78. The third-order valence-corrected chi connectivity index (χ3v) is 2.85. The first kappa shape index (κ1) is 8.36. The molecule has 0 aromatic carbocycles. The highest BCUT2D eigenvalue weighted by molar-refractivity contribution is 7.29. The number of rotatable bonds is 0. The van der Waals surface area contributed by atoms with E-state index in [0.29, 0.717) is 0 Å². The van der Waals surface area contributed by atoms with Crippen molar-refractivity contribution >= 4 is 8.19 Å². The van der Waals surface area contributed by atoms with Crippen molar-refractivity contribution in [1.82, 2.24) is 0 Å². The summed E-state index contributed by atoms with van der Waals surface area (Å²) in [5.74, 6) is 2.21. The van der Waals surface area contributed by atoms with Gasteiger partial charge in [0.2, 0.25) is 0 Å². The molecule has 1 heteroatoms. The van der Waals surface area contributed by atoms with E-state index in [1.807, 2.05) is 0 Å². The molecule has 1 unspecified atom stereocenters. The summed E-state index contributed by atoms with van der Waals surface area (Å²) in [6.07, 6.45) is 0. The third-order valence-electron chi connectivity index (χ3n) is 1.67. The molecule has 0 spiro atoms. The van der Waals surface area contributed by atoms with Gasteiger partial charge in [0.05, 0.1) is 0 Å². The van der Waals surface area contributed by atoms with Crippen LogP contribution in [0.25, 0.3) is 0 Å². The Morgan fingerprint density at radius 2 is 1.73 bits per heavy atom. The molecular weight excluding hydrogens is 151 g/mol. The highest BCUT2D eigenvalue weighted by atomic mass is 31.0. The summed E-state index contributed by atoms with van der Waals surface area (Å²) in [5.41, 5.74) is 1.39. The second-order valence-corrected chi connectivity index (χ2v) is 3.93. The van der Waals surface area contributed by atoms with Crippen LogP contribution in [0.2, 0.25) is 0 Å². The van der Waals surface area contributed by atoms with Crippen LogP contribution in [-0.2, 0) is 0 Å². The summed E-state index contributed by atoms with van der Waals surface area (Å²) in [6.45, 7) is 4.35. The van der Waals surface area contributed by atoms with E-state index in [1.54, 1.807) is 0 Å². The SMILES string of the molecule is Cc1cccccc[pH]c1C. The molecule has 0 saturated carbocycles. The van der Waals surface area contributed by atoms with Crippen molar-refractivity contribution in [2.45, 2.75) is 13.8 Å². The molecule has 0 saturated heterocycles. The van der Waals surface area contributed by atoms with Gasteiger partial charge in [-0.2, -0.15) is 0 Å². The molecule has 11 heavy (non-hydrogen) atoms. The molecule has 1 aromatic rings. The summed E-state index contributed by atoms with van der Waals surface area (Å²) in [4.78, 5) is 0. The fraction of sp³-hybridized carbons (Fsp3) is 0.200. The van der Waals surface area contributed by atoms with Crippen LogP contribution in [-0.4, -0.2) is 0 Å². The average molecular weight is 164 g/mol. The van der Waals surface area contributed by atoms with Gasteiger partial charge < -0.3 is 0 Å². The molecule has 1 heterocycles. The highest BCUT2D eigenvalue weighted by Crippen LogP contribution is 2.12. The van der Waals surface area contributed by atoms with Crippen LogP contribution in [0.15, 0.2) is 36.1 Å². The summed E-state index contributed by atoms with van der Waals surface area (Å²) in [6, 6.07) is 10.5. The summed E-state index contributed by atoms with van der Waals surface area (Å²) >= 11 is 0. The Kier molecular flexibility index (Phi) is 3.19. The molecule has 0 N–H and O–H groups in total. The smallest absolute Gasteiger partial charge is 0.0315 e. The molecule has 1 aromatic heterocycles. The number of hydrogen-bond donors (Lipinski definition) is 0. The molecule has 0 fully saturated rings. The highest BCUT2D eigenvalue weighted by Gasteiger charge is 1.81. The van der Waals surface area contributed by atoms with Gasteiger partial charge in [-0.05, 0) is 30.5 Å². The maximum absolute atomic E-state index is 2.21. The molecule has 58 valence electrons. The van der Waals surface area contributed by atoms with Gasteiger partial charge in [0.15, 0.2) is 0 Å². The fourth-order valence-corrected chi connectivity index (χ4v) is 1.56. The molecule has 0 bridgehead atoms. The van der Waals surface area contributed by atoms with Crippen molar-refractivity contribution in [3.8, 4) is 0 Å². The van der Waals surface area contributed by atoms with Crippen molar-refractivity contribution in [1.29, 1.82) is 0 Å². The minimum atomic E-state index is 0.837. The van der Waals surface area contributed by atoms with Gasteiger partial charge >= 0.3 is 0 Å². The molecule has 1 atom stereocenters. The Labute approximate surface area is 69.7 Å². The average Bonchev–Trinajstić information content (AvgIpc) is 2.07.